The van der Waals surface area contributed by atoms with Gasteiger partial charge in [0.15, 0.2) is 0 Å². The summed E-state index contributed by atoms with van der Waals surface area (Å²) >= 11 is 0. The summed E-state index contributed by atoms with van der Waals surface area (Å²) in [6.07, 6.45) is 1.79. The van der Waals surface area contributed by atoms with E-state index in [4.69, 9.17) is 9.47 Å². The zero-order valence-corrected chi connectivity index (χ0v) is 18.2. The number of hydrogen-bond donors (Lipinski definition) is 2. The molecule has 1 saturated heterocycles. The van der Waals surface area contributed by atoms with E-state index in [1.165, 1.54) is 7.11 Å². The third kappa shape index (κ3) is 4.67. The largest absolute Gasteiger partial charge is 0.497 e. The zero-order chi connectivity index (χ0) is 22.5. The second-order valence-electron chi connectivity index (χ2n) is 7.64. The van der Waals surface area contributed by atoms with Crippen LogP contribution in [0.15, 0.2) is 59.9 Å². The molecular formula is C23H27N5O4. The zero-order valence-electron chi connectivity index (χ0n) is 18.2. The lowest BCUT2D eigenvalue weighted by Crippen LogP contribution is -2.51. The third-order valence-corrected chi connectivity index (χ3v) is 5.74. The van der Waals surface area contributed by atoms with Crippen molar-refractivity contribution < 1.29 is 19.1 Å². The molecule has 2 amide bonds. The van der Waals surface area contributed by atoms with Crippen LogP contribution in [0.4, 0.5) is 10.6 Å². The fraction of sp³-hybridized carbons (Fsp3) is 0.348. The van der Waals surface area contributed by atoms with Crippen molar-refractivity contribution in [3.8, 4) is 5.75 Å². The average Bonchev–Trinajstić information content (AvgIpc) is 2.84. The Balaban J connectivity index is 1.54. The molecule has 1 aromatic heterocycles. The number of methoxy groups -OCH3 is 2. The monoisotopic (exact) mass is 437 g/mol. The number of ether oxygens (including phenoxy) is 2. The van der Waals surface area contributed by atoms with Crippen LogP contribution in [-0.4, -0.2) is 68.8 Å². The Bertz CT molecular complexity index is 985. The number of benzene rings is 1. The van der Waals surface area contributed by atoms with Gasteiger partial charge in [-0.15, -0.1) is 0 Å². The number of amides is 2. The normalized spacial score (nSPS) is 19.2. The first-order valence-electron chi connectivity index (χ1n) is 10.5. The molecule has 3 heterocycles. The molecule has 0 bridgehead atoms. The summed E-state index contributed by atoms with van der Waals surface area (Å²) in [6, 6.07) is 12.2. The van der Waals surface area contributed by atoms with E-state index in [1.54, 1.807) is 25.4 Å². The van der Waals surface area contributed by atoms with Crippen LogP contribution in [0.1, 0.15) is 11.6 Å². The van der Waals surface area contributed by atoms with Crippen molar-refractivity contribution in [3.63, 3.8) is 0 Å². The highest BCUT2D eigenvalue weighted by Gasteiger charge is 2.34. The lowest BCUT2D eigenvalue weighted by molar-refractivity contribution is -0.136. The number of hydrogen-bond acceptors (Lipinski definition) is 7. The van der Waals surface area contributed by atoms with E-state index in [9.17, 15) is 9.59 Å². The molecule has 2 aliphatic rings. The maximum atomic E-state index is 12.7. The highest BCUT2D eigenvalue weighted by atomic mass is 16.5. The standard InChI is InChI=1S/C23H27N5O4/c1-31-17-8-6-16(7-9-17)21-20(22(29)32-2)18(25-23(30)26-21)15-27-11-13-28(14-12-27)19-5-3-4-10-24-19/h3-10,21H,11-15H2,1-2H3,(H2,25,26,30)/t21-/m1/s1. The van der Waals surface area contributed by atoms with E-state index in [2.05, 4.69) is 25.4 Å². The van der Waals surface area contributed by atoms with Crippen LogP contribution in [0.2, 0.25) is 0 Å². The summed E-state index contributed by atoms with van der Waals surface area (Å²) in [7, 11) is 2.94. The molecule has 2 N–H and O–H groups in total. The van der Waals surface area contributed by atoms with Crippen LogP contribution in [-0.2, 0) is 9.53 Å². The van der Waals surface area contributed by atoms with E-state index >= 15 is 0 Å². The summed E-state index contributed by atoms with van der Waals surface area (Å²) in [6.45, 7) is 3.63. The second-order valence-corrected chi connectivity index (χ2v) is 7.64. The summed E-state index contributed by atoms with van der Waals surface area (Å²) in [5.41, 5.74) is 1.75. The van der Waals surface area contributed by atoms with Gasteiger partial charge >= 0.3 is 12.0 Å². The van der Waals surface area contributed by atoms with Crippen LogP contribution in [0.5, 0.6) is 5.75 Å². The van der Waals surface area contributed by atoms with Gasteiger partial charge in [0.1, 0.15) is 11.6 Å². The number of aromatic nitrogens is 1. The van der Waals surface area contributed by atoms with Gasteiger partial charge in [0.2, 0.25) is 0 Å². The number of pyridine rings is 1. The van der Waals surface area contributed by atoms with Crippen molar-refractivity contribution in [2.75, 3.05) is 51.8 Å². The lowest BCUT2D eigenvalue weighted by Gasteiger charge is -2.37. The smallest absolute Gasteiger partial charge is 0.338 e. The number of anilines is 1. The molecule has 2 aromatic rings. The summed E-state index contributed by atoms with van der Waals surface area (Å²) in [4.78, 5) is 34.0. The number of piperazine rings is 1. The average molecular weight is 438 g/mol. The fourth-order valence-electron chi connectivity index (χ4n) is 4.04. The molecule has 9 heteroatoms. The number of nitrogens with zero attached hydrogens (tertiary/aromatic N) is 3. The van der Waals surface area contributed by atoms with Gasteiger partial charge in [-0.25, -0.2) is 14.6 Å². The Morgan fingerprint density at radius 2 is 1.84 bits per heavy atom. The topological polar surface area (TPSA) is 96.0 Å². The van der Waals surface area contributed by atoms with Gasteiger partial charge in [0.25, 0.3) is 0 Å². The Hall–Kier alpha value is -3.59. The Kier molecular flexibility index (Phi) is 6.55. The maximum absolute atomic E-state index is 12.7. The van der Waals surface area contributed by atoms with Crippen molar-refractivity contribution in [2.45, 2.75) is 6.04 Å². The quantitative estimate of drug-likeness (QED) is 0.664. The Morgan fingerprint density at radius 3 is 2.47 bits per heavy atom. The molecule has 0 aliphatic carbocycles. The van der Waals surface area contributed by atoms with Gasteiger partial charge in [0, 0.05) is 44.6 Å². The van der Waals surface area contributed by atoms with Crippen LogP contribution < -0.4 is 20.3 Å². The first kappa shape index (κ1) is 21.6. The predicted octanol–water partition coefficient (Wildman–Crippen LogP) is 1.69. The molecular weight excluding hydrogens is 410 g/mol. The first-order chi connectivity index (χ1) is 15.6. The van der Waals surface area contributed by atoms with Gasteiger partial charge in [0.05, 0.1) is 25.8 Å². The molecule has 0 unspecified atom stereocenters. The predicted molar refractivity (Wildman–Crippen MR) is 119 cm³/mol. The SMILES string of the molecule is COC(=O)C1=C(CN2CCN(c3ccccn3)CC2)NC(=O)N[C@@H]1c1ccc(OC)cc1. The number of esters is 1. The minimum Gasteiger partial charge on any atom is -0.497 e. The van der Waals surface area contributed by atoms with E-state index in [1.807, 2.05) is 30.3 Å². The highest BCUT2D eigenvalue weighted by molar-refractivity contribution is 5.95. The Morgan fingerprint density at radius 1 is 1.09 bits per heavy atom. The lowest BCUT2D eigenvalue weighted by atomic mass is 9.95. The molecule has 0 saturated carbocycles. The molecule has 4 rings (SSSR count). The molecule has 32 heavy (non-hydrogen) atoms. The molecule has 2 aliphatic heterocycles. The molecule has 168 valence electrons. The van der Waals surface area contributed by atoms with E-state index < -0.39 is 12.0 Å². The highest BCUT2D eigenvalue weighted by Crippen LogP contribution is 2.29. The molecule has 0 spiro atoms. The van der Waals surface area contributed by atoms with E-state index in [0.29, 0.717) is 23.6 Å². The number of nitrogens with one attached hydrogen (secondary N) is 2. The number of carbonyl (C=O) groups excluding carboxylic acids is 2. The molecule has 1 atom stereocenters. The van der Waals surface area contributed by atoms with Gasteiger partial charge in [-0.2, -0.15) is 0 Å². The van der Waals surface area contributed by atoms with Crippen LogP contribution in [0.25, 0.3) is 0 Å². The first-order valence-corrected chi connectivity index (χ1v) is 10.5. The van der Waals surface area contributed by atoms with Crippen LogP contribution in [0, 0.1) is 0 Å². The van der Waals surface area contributed by atoms with Gasteiger partial charge in [-0.3, -0.25) is 4.90 Å². The molecule has 0 radical (unpaired) electrons. The van der Waals surface area contributed by atoms with Crippen molar-refractivity contribution >= 4 is 17.8 Å². The summed E-state index contributed by atoms with van der Waals surface area (Å²) < 4.78 is 10.3. The summed E-state index contributed by atoms with van der Waals surface area (Å²) in [5, 5.41) is 5.68. The van der Waals surface area contributed by atoms with Crippen LogP contribution in [0.3, 0.4) is 0 Å². The number of rotatable bonds is 6. The minimum atomic E-state index is -0.605. The van der Waals surface area contributed by atoms with Gasteiger partial charge in [-0.1, -0.05) is 18.2 Å². The van der Waals surface area contributed by atoms with Crippen molar-refractivity contribution in [2.24, 2.45) is 0 Å². The molecule has 1 fully saturated rings. The molecule has 1 aromatic carbocycles. The van der Waals surface area contributed by atoms with Crippen molar-refractivity contribution in [1.82, 2.24) is 20.5 Å². The number of carbonyl (C=O) groups is 2. The minimum absolute atomic E-state index is 0.347. The van der Waals surface area contributed by atoms with E-state index in [-0.39, 0.29) is 6.03 Å². The van der Waals surface area contributed by atoms with Gasteiger partial charge < -0.3 is 25.0 Å². The maximum Gasteiger partial charge on any atom is 0.338 e. The van der Waals surface area contributed by atoms with Crippen LogP contribution >= 0.6 is 0 Å². The summed E-state index contributed by atoms with van der Waals surface area (Å²) in [5.74, 6) is 1.18. The molecule has 9 nitrogen and oxygen atoms in total. The third-order valence-electron chi connectivity index (χ3n) is 5.74. The van der Waals surface area contributed by atoms with E-state index in [0.717, 1.165) is 37.6 Å². The van der Waals surface area contributed by atoms with Crippen molar-refractivity contribution in [3.05, 3.63) is 65.5 Å². The second kappa shape index (κ2) is 9.69. The number of urea groups is 1. The Labute approximate surface area is 187 Å². The van der Waals surface area contributed by atoms with Crippen molar-refractivity contribution in [1.29, 1.82) is 0 Å². The van der Waals surface area contributed by atoms with Gasteiger partial charge in [-0.05, 0) is 29.8 Å². The fourth-order valence-corrected chi connectivity index (χ4v) is 4.04.